The number of ether oxygens (including phenoxy) is 2. The van der Waals surface area contributed by atoms with Gasteiger partial charge in [-0.3, -0.25) is 4.98 Å². The first-order chi connectivity index (χ1) is 17.7. The third-order valence-corrected chi connectivity index (χ3v) is 6.45. The Labute approximate surface area is 209 Å². The molecule has 0 saturated heterocycles. The van der Waals surface area contributed by atoms with Crippen LogP contribution in [0.4, 0.5) is 13.2 Å². The van der Waals surface area contributed by atoms with Crippen molar-refractivity contribution in [2.24, 2.45) is 13.0 Å². The molecule has 5 rings (SSSR count). The van der Waals surface area contributed by atoms with E-state index in [4.69, 9.17) is 9.47 Å². The molecule has 1 aliphatic rings. The summed E-state index contributed by atoms with van der Waals surface area (Å²) in [6.07, 6.45) is 1.17. The molecule has 0 bridgehead atoms. The summed E-state index contributed by atoms with van der Waals surface area (Å²) < 4.78 is 53.3. The number of methoxy groups -OCH3 is 1. The first-order valence-electron chi connectivity index (χ1n) is 11.4. The van der Waals surface area contributed by atoms with Crippen LogP contribution in [0.2, 0.25) is 0 Å². The van der Waals surface area contributed by atoms with Crippen molar-refractivity contribution >= 4 is 10.9 Å². The van der Waals surface area contributed by atoms with Crippen molar-refractivity contribution in [2.75, 3.05) is 13.7 Å². The molecule has 37 heavy (non-hydrogen) atoms. The topological polar surface area (TPSA) is 106 Å². The standard InChI is InChI=1S/C26H22F3N5O3/c1-34-14-31-12-22(34)25(35,17-7-8-32-21(10-17)26(27,28)29)16-5-6-20-18(9-16)19(11-30)23(24(33-20)36-2)37-13-15-3-4-15/h5-10,12,14-15,35H,3-4,13H2,1-2H3. The van der Waals surface area contributed by atoms with Gasteiger partial charge >= 0.3 is 6.18 Å². The minimum Gasteiger partial charge on any atom is -0.487 e. The molecule has 1 atom stereocenters. The van der Waals surface area contributed by atoms with E-state index in [9.17, 15) is 23.5 Å². The molecule has 1 fully saturated rings. The molecule has 11 heteroatoms. The molecule has 3 heterocycles. The highest BCUT2D eigenvalue weighted by Gasteiger charge is 2.40. The summed E-state index contributed by atoms with van der Waals surface area (Å²) in [5.74, 6) is 0.750. The second kappa shape index (κ2) is 9.05. The van der Waals surface area contributed by atoms with Crippen LogP contribution in [-0.2, 0) is 18.8 Å². The van der Waals surface area contributed by atoms with E-state index in [1.165, 1.54) is 36.3 Å². The minimum absolute atomic E-state index is 0.0667. The van der Waals surface area contributed by atoms with Crippen molar-refractivity contribution < 1.29 is 27.8 Å². The second-order valence-corrected chi connectivity index (χ2v) is 8.95. The molecule has 190 valence electrons. The lowest BCUT2D eigenvalue weighted by molar-refractivity contribution is -0.141. The third kappa shape index (κ3) is 4.34. The number of aryl methyl sites for hydroxylation is 1. The lowest BCUT2D eigenvalue weighted by atomic mass is 9.82. The lowest BCUT2D eigenvalue weighted by Gasteiger charge is -2.30. The van der Waals surface area contributed by atoms with Gasteiger partial charge < -0.3 is 19.1 Å². The summed E-state index contributed by atoms with van der Waals surface area (Å²) in [4.78, 5) is 11.9. The molecule has 0 spiro atoms. The maximum atomic E-state index is 13.5. The summed E-state index contributed by atoms with van der Waals surface area (Å²) in [5, 5.41) is 22.6. The number of aromatic nitrogens is 4. The van der Waals surface area contributed by atoms with E-state index in [0.717, 1.165) is 25.1 Å². The van der Waals surface area contributed by atoms with Gasteiger partial charge in [-0.05, 0) is 54.2 Å². The highest BCUT2D eigenvalue weighted by atomic mass is 19.4. The summed E-state index contributed by atoms with van der Waals surface area (Å²) in [5.41, 5.74) is -2.30. The van der Waals surface area contributed by atoms with E-state index < -0.39 is 17.5 Å². The Bertz CT molecular complexity index is 1520. The van der Waals surface area contributed by atoms with Crippen molar-refractivity contribution in [2.45, 2.75) is 24.6 Å². The SMILES string of the molecule is COc1nc2ccc(C(O)(c3ccnc(C(F)(F)F)c3)c3cncn3C)cc2c(C#N)c1OCC1CC1. The smallest absolute Gasteiger partial charge is 0.433 e. The van der Waals surface area contributed by atoms with E-state index in [-0.39, 0.29) is 34.0 Å². The summed E-state index contributed by atoms with van der Waals surface area (Å²) in [6, 6.07) is 8.92. The maximum Gasteiger partial charge on any atom is 0.433 e. The number of fused-ring (bicyclic) bond motifs is 1. The van der Waals surface area contributed by atoms with Crippen LogP contribution in [0.5, 0.6) is 11.6 Å². The van der Waals surface area contributed by atoms with Gasteiger partial charge in [0.25, 0.3) is 5.88 Å². The molecule has 4 aromatic rings. The normalized spacial score (nSPS) is 15.3. The van der Waals surface area contributed by atoms with Gasteiger partial charge in [-0.1, -0.05) is 6.07 Å². The number of pyridine rings is 2. The quantitative estimate of drug-likeness (QED) is 0.395. The Hall–Kier alpha value is -4.17. The summed E-state index contributed by atoms with van der Waals surface area (Å²) >= 11 is 0. The molecule has 0 aliphatic heterocycles. The van der Waals surface area contributed by atoms with E-state index >= 15 is 0 Å². The molecule has 3 aromatic heterocycles. The van der Waals surface area contributed by atoms with Gasteiger partial charge in [0.05, 0.1) is 37.5 Å². The number of hydrogen-bond donors (Lipinski definition) is 1. The molecule has 1 aliphatic carbocycles. The number of hydrogen-bond acceptors (Lipinski definition) is 7. The number of imidazole rings is 1. The predicted molar refractivity (Wildman–Crippen MR) is 126 cm³/mol. The highest BCUT2D eigenvalue weighted by Crippen LogP contribution is 2.42. The molecule has 1 N–H and O–H groups in total. The van der Waals surface area contributed by atoms with Crippen LogP contribution in [0.15, 0.2) is 49.1 Å². The van der Waals surface area contributed by atoms with Gasteiger partial charge in [0.15, 0.2) is 11.4 Å². The number of benzene rings is 1. The molecule has 8 nitrogen and oxygen atoms in total. The van der Waals surface area contributed by atoms with Crippen LogP contribution in [0.3, 0.4) is 0 Å². The summed E-state index contributed by atoms with van der Waals surface area (Å²) in [7, 11) is 3.05. The van der Waals surface area contributed by atoms with E-state index in [1.54, 1.807) is 19.2 Å². The van der Waals surface area contributed by atoms with E-state index in [1.807, 2.05) is 0 Å². The van der Waals surface area contributed by atoms with Gasteiger partial charge in [0.1, 0.15) is 17.3 Å². The van der Waals surface area contributed by atoms with Crippen molar-refractivity contribution in [3.63, 3.8) is 0 Å². The number of nitrogens with zero attached hydrogens (tertiary/aromatic N) is 5. The number of nitriles is 1. The van der Waals surface area contributed by atoms with Crippen molar-refractivity contribution in [1.82, 2.24) is 19.5 Å². The zero-order valence-electron chi connectivity index (χ0n) is 20.0. The highest BCUT2D eigenvalue weighted by molar-refractivity contribution is 5.89. The van der Waals surface area contributed by atoms with Crippen LogP contribution in [0.1, 0.15) is 40.9 Å². The van der Waals surface area contributed by atoms with Gasteiger partial charge in [0.2, 0.25) is 0 Å². The maximum absolute atomic E-state index is 13.5. The fourth-order valence-corrected chi connectivity index (χ4v) is 4.30. The molecule has 1 saturated carbocycles. The average Bonchev–Trinajstić information content (AvgIpc) is 3.62. The Balaban J connectivity index is 1.74. The minimum atomic E-state index is -4.71. The van der Waals surface area contributed by atoms with Gasteiger partial charge in [0, 0.05) is 18.6 Å². The number of halogens is 3. The fraction of sp³-hybridized carbons (Fsp3) is 0.308. The van der Waals surface area contributed by atoms with E-state index in [0.29, 0.717) is 23.4 Å². The van der Waals surface area contributed by atoms with Gasteiger partial charge in [-0.2, -0.15) is 18.4 Å². The van der Waals surface area contributed by atoms with Crippen LogP contribution in [0, 0.1) is 17.2 Å². The Kier molecular flexibility index (Phi) is 6.00. The van der Waals surface area contributed by atoms with Crippen molar-refractivity contribution in [3.05, 3.63) is 77.1 Å². The van der Waals surface area contributed by atoms with Crippen molar-refractivity contribution in [1.29, 1.82) is 5.26 Å². The number of aliphatic hydroxyl groups is 1. The fourth-order valence-electron chi connectivity index (χ4n) is 4.30. The lowest BCUT2D eigenvalue weighted by Crippen LogP contribution is -2.31. The molecule has 1 unspecified atom stereocenters. The Morgan fingerprint density at radius 3 is 2.57 bits per heavy atom. The Morgan fingerprint density at radius 1 is 1.19 bits per heavy atom. The molecule has 0 radical (unpaired) electrons. The first kappa shape index (κ1) is 24.5. The van der Waals surface area contributed by atoms with Crippen LogP contribution in [0.25, 0.3) is 10.9 Å². The number of alkyl halides is 3. The molecule has 0 amide bonds. The zero-order valence-corrected chi connectivity index (χ0v) is 20.0. The Morgan fingerprint density at radius 2 is 1.95 bits per heavy atom. The third-order valence-electron chi connectivity index (χ3n) is 6.45. The van der Waals surface area contributed by atoms with E-state index in [2.05, 4.69) is 21.0 Å². The average molecular weight is 509 g/mol. The van der Waals surface area contributed by atoms with Crippen LogP contribution < -0.4 is 9.47 Å². The van der Waals surface area contributed by atoms with Crippen molar-refractivity contribution in [3.8, 4) is 17.7 Å². The molecular weight excluding hydrogens is 487 g/mol. The predicted octanol–water partition coefficient (Wildman–Crippen LogP) is 4.34. The largest absolute Gasteiger partial charge is 0.487 e. The van der Waals surface area contributed by atoms with Gasteiger partial charge in [-0.25, -0.2) is 9.97 Å². The summed E-state index contributed by atoms with van der Waals surface area (Å²) in [6.45, 7) is 0.411. The molecule has 1 aromatic carbocycles. The zero-order chi connectivity index (χ0) is 26.4. The number of rotatable bonds is 7. The first-order valence-corrected chi connectivity index (χ1v) is 11.4. The van der Waals surface area contributed by atoms with Gasteiger partial charge in [-0.15, -0.1) is 0 Å². The monoisotopic (exact) mass is 509 g/mol. The van der Waals surface area contributed by atoms with Crippen LogP contribution >= 0.6 is 0 Å². The molecular formula is C26H22F3N5O3. The van der Waals surface area contributed by atoms with Crippen LogP contribution in [-0.4, -0.2) is 38.3 Å². The second-order valence-electron chi connectivity index (χ2n) is 8.95.